The van der Waals surface area contributed by atoms with Crippen LogP contribution in [0.4, 0.5) is 5.82 Å². The average molecular weight is 453 g/mol. The molecule has 180 valence electrons. The molecule has 6 aliphatic rings. The first-order valence-electron chi connectivity index (χ1n) is 13.6. The zero-order valence-electron chi connectivity index (χ0n) is 20.0. The molecule has 6 nitrogen and oxygen atoms in total. The lowest BCUT2D eigenvalue weighted by molar-refractivity contribution is -0.132. The lowest BCUT2D eigenvalue weighted by Gasteiger charge is -2.58. The molecule has 1 amide bonds. The number of aliphatic hydroxyl groups is 1. The molecule has 2 N–H and O–H groups in total. The summed E-state index contributed by atoms with van der Waals surface area (Å²) in [7, 11) is 0. The maximum atomic E-state index is 12.8. The summed E-state index contributed by atoms with van der Waals surface area (Å²) >= 11 is 0. The summed E-state index contributed by atoms with van der Waals surface area (Å²) < 4.78 is 0. The van der Waals surface area contributed by atoms with Crippen LogP contribution in [0.3, 0.4) is 0 Å². The number of aromatic nitrogens is 2. The van der Waals surface area contributed by atoms with Crippen molar-refractivity contribution in [2.24, 2.45) is 29.1 Å². The van der Waals surface area contributed by atoms with Crippen LogP contribution in [-0.4, -0.2) is 45.1 Å². The topological polar surface area (TPSA) is 78.4 Å². The van der Waals surface area contributed by atoms with Crippen LogP contribution in [0.15, 0.2) is 6.33 Å². The van der Waals surface area contributed by atoms with Crippen molar-refractivity contribution < 1.29 is 9.90 Å². The number of hydrogen-bond acceptors (Lipinski definition) is 5. The van der Waals surface area contributed by atoms with Gasteiger partial charge in [0.05, 0.1) is 18.3 Å². The highest BCUT2D eigenvalue weighted by molar-refractivity contribution is 5.76. The number of carbonyl (C=O) groups is 1. The van der Waals surface area contributed by atoms with Gasteiger partial charge in [0.25, 0.3) is 0 Å². The monoisotopic (exact) mass is 452 g/mol. The van der Waals surface area contributed by atoms with Gasteiger partial charge in [-0.3, -0.25) is 4.79 Å². The standard InChI is InChI=1S/C27H40N4O2/c32-24(27-12-19-9-20(13-27)11-21(10-19)14-27)15-28-26-22-7-8-31(16-23(22)29-17-30-26)25(33)6-5-18-3-1-2-4-18/h17-21,24,32H,1-16H2,(H,28,29,30). The van der Waals surface area contributed by atoms with Crippen molar-refractivity contribution in [1.82, 2.24) is 14.9 Å². The molecule has 1 aliphatic heterocycles. The fourth-order valence-corrected chi connectivity index (χ4v) is 8.50. The van der Waals surface area contributed by atoms with E-state index < -0.39 is 0 Å². The predicted molar refractivity (Wildman–Crippen MR) is 127 cm³/mol. The Morgan fingerprint density at radius 2 is 1.82 bits per heavy atom. The van der Waals surface area contributed by atoms with Crippen LogP contribution in [0.2, 0.25) is 0 Å². The number of nitrogens with one attached hydrogen (secondary N) is 1. The van der Waals surface area contributed by atoms with Gasteiger partial charge in [-0.05, 0) is 80.5 Å². The van der Waals surface area contributed by atoms with Crippen molar-refractivity contribution in [1.29, 1.82) is 0 Å². The number of carbonyl (C=O) groups excluding carboxylic acids is 1. The first-order chi connectivity index (χ1) is 16.1. The van der Waals surface area contributed by atoms with Gasteiger partial charge < -0.3 is 15.3 Å². The molecule has 0 spiro atoms. The Bertz CT molecular complexity index is 846. The van der Waals surface area contributed by atoms with E-state index in [0.717, 1.165) is 60.1 Å². The summed E-state index contributed by atoms with van der Waals surface area (Å²) in [6.45, 7) is 1.91. The van der Waals surface area contributed by atoms with E-state index in [1.54, 1.807) is 6.33 Å². The third kappa shape index (κ3) is 4.28. The highest BCUT2D eigenvalue weighted by Gasteiger charge is 2.53. The molecule has 5 aliphatic carbocycles. The second kappa shape index (κ2) is 8.83. The van der Waals surface area contributed by atoms with E-state index in [4.69, 9.17) is 0 Å². The minimum atomic E-state index is -0.311. The van der Waals surface area contributed by atoms with Crippen molar-refractivity contribution >= 4 is 11.7 Å². The normalized spacial score (nSPS) is 33.8. The maximum absolute atomic E-state index is 12.8. The number of aliphatic hydroxyl groups excluding tert-OH is 1. The molecule has 4 bridgehead atoms. The number of fused-ring (bicyclic) bond motifs is 1. The van der Waals surface area contributed by atoms with Gasteiger partial charge in [0.2, 0.25) is 5.91 Å². The smallest absolute Gasteiger partial charge is 0.222 e. The highest BCUT2D eigenvalue weighted by Crippen LogP contribution is 2.61. The largest absolute Gasteiger partial charge is 0.391 e. The molecule has 6 heteroatoms. The number of amides is 1. The Balaban J connectivity index is 1.07. The first-order valence-corrected chi connectivity index (χ1v) is 13.6. The lowest BCUT2D eigenvalue weighted by atomic mass is 9.48. The molecule has 2 heterocycles. The Hall–Kier alpha value is -1.69. The number of nitrogens with zero attached hydrogens (tertiary/aromatic N) is 3. The van der Waals surface area contributed by atoms with Crippen molar-refractivity contribution in [2.45, 2.75) is 96.1 Å². The Labute approximate surface area is 198 Å². The summed E-state index contributed by atoms with van der Waals surface area (Å²) in [5.74, 6) is 4.42. The molecule has 0 radical (unpaired) electrons. The molecule has 0 saturated heterocycles. The van der Waals surface area contributed by atoms with E-state index >= 15 is 0 Å². The summed E-state index contributed by atoms with van der Waals surface area (Å²) in [5, 5.41) is 14.8. The first kappa shape index (κ1) is 21.8. The second-order valence-corrected chi connectivity index (χ2v) is 12.1. The van der Waals surface area contributed by atoms with Crippen LogP contribution in [0.25, 0.3) is 0 Å². The lowest BCUT2D eigenvalue weighted by Crippen LogP contribution is -2.53. The molecule has 7 rings (SSSR count). The molecule has 33 heavy (non-hydrogen) atoms. The maximum Gasteiger partial charge on any atom is 0.222 e. The van der Waals surface area contributed by atoms with Crippen LogP contribution in [0.5, 0.6) is 0 Å². The molecule has 1 aromatic rings. The van der Waals surface area contributed by atoms with Crippen LogP contribution >= 0.6 is 0 Å². The molecule has 5 saturated carbocycles. The Kier molecular flexibility index (Phi) is 5.84. The van der Waals surface area contributed by atoms with E-state index in [-0.39, 0.29) is 17.4 Å². The van der Waals surface area contributed by atoms with Crippen LogP contribution in [0, 0.1) is 29.1 Å². The molecular formula is C27H40N4O2. The SMILES string of the molecule is O=C(CCC1CCCC1)N1CCc2c(ncnc2NCC(O)C23CC4CC(CC(C4)C2)C3)C1. The minimum absolute atomic E-state index is 0.122. The van der Waals surface area contributed by atoms with Crippen LogP contribution < -0.4 is 5.32 Å². The van der Waals surface area contributed by atoms with Gasteiger partial charge in [-0.1, -0.05) is 25.7 Å². The molecule has 1 atom stereocenters. The van der Waals surface area contributed by atoms with Gasteiger partial charge >= 0.3 is 0 Å². The van der Waals surface area contributed by atoms with Gasteiger partial charge in [0.1, 0.15) is 12.1 Å². The third-order valence-corrected chi connectivity index (χ3v) is 9.86. The van der Waals surface area contributed by atoms with Gasteiger partial charge in [-0.25, -0.2) is 9.97 Å². The van der Waals surface area contributed by atoms with Crippen molar-refractivity contribution in [3.8, 4) is 0 Å². The fourth-order valence-electron chi connectivity index (χ4n) is 8.50. The summed E-state index contributed by atoms with van der Waals surface area (Å²) in [6.07, 6.45) is 16.9. The quantitative estimate of drug-likeness (QED) is 0.644. The molecule has 5 fully saturated rings. The predicted octanol–water partition coefficient (Wildman–Crippen LogP) is 4.32. The number of anilines is 1. The van der Waals surface area contributed by atoms with Gasteiger partial charge in [0, 0.05) is 25.1 Å². The van der Waals surface area contributed by atoms with Gasteiger partial charge in [-0.2, -0.15) is 0 Å². The Morgan fingerprint density at radius 3 is 2.52 bits per heavy atom. The van der Waals surface area contributed by atoms with Gasteiger partial charge in [-0.15, -0.1) is 0 Å². The van der Waals surface area contributed by atoms with Crippen molar-refractivity contribution in [2.75, 3.05) is 18.4 Å². The van der Waals surface area contributed by atoms with E-state index in [1.807, 2.05) is 4.90 Å². The zero-order chi connectivity index (χ0) is 22.4. The van der Waals surface area contributed by atoms with E-state index in [0.29, 0.717) is 19.5 Å². The Morgan fingerprint density at radius 1 is 1.12 bits per heavy atom. The highest BCUT2D eigenvalue weighted by atomic mass is 16.3. The van der Waals surface area contributed by atoms with Gasteiger partial charge in [0.15, 0.2) is 0 Å². The fraction of sp³-hybridized carbons (Fsp3) is 0.815. The second-order valence-electron chi connectivity index (χ2n) is 12.1. The summed E-state index contributed by atoms with van der Waals surface area (Å²) in [6, 6.07) is 0. The van der Waals surface area contributed by atoms with Crippen molar-refractivity contribution in [3.63, 3.8) is 0 Å². The molecule has 1 unspecified atom stereocenters. The molecule has 0 aromatic carbocycles. The molecule has 1 aromatic heterocycles. The van der Waals surface area contributed by atoms with E-state index in [9.17, 15) is 9.90 Å². The zero-order valence-corrected chi connectivity index (χ0v) is 20.0. The van der Waals surface area contributed by atoms with E-state index in [2.05, 4.69) is 15.3 Å². The molecular weight excluding hydrogens is 412 g/mol. The van der Waals surface area contributed by atoms with Crippen LogP contribution in [-0.2, 0) is 17.8 Å². The minimum Gasteiger partial charge on any atom is -0.391 e. The van der Waals surface area contributed by atoms with Crippen molar-refractivity contribution in [3.05, 3.63) is 17.6 Å². The average Bonchev–Trinajstić information content (AvgIpc) is 3.33. The number of rotatable bonds is 7. The van der Waals surface area contributed by atoms with Crippen LogP contribution in [0.1, 0.15) is 88.3 Å². The summed E-state index contributed by atoms with van der Waals surface area (Å²) in [5.41, 5.74) is 2.23. The van der Waals surface area contributed by atoms with E-state index in [1.165, 1.54) is 64.2 Å². The number of hydrogen-bond donors (Lipinski definition) is 2. The third-order valence-electron chi connectivity index (χ3n) is 9.86. The summed E-state index contributed by atoms with van der Waals surface area (Å²) in [4.78, 5) is 23.8.